The van der Waals surface area contributed by atoms with E-state index in [0.29, 0.717) is 30.8 Å². The van der Waals surface area contributed by atoms with Crippen molar-refractivity contribution in [2.45, 2.75) is 18.6 Å². The molecule has 0 saturated carbocycles. The summed E-state index contributed by atoms with van der Waals surface area (Å²) in [6.07, 6.45) is 3.57. The van der Waals surface area contributed by atoms with Crippen LogP contribution in [0.1, 0.15) is 17.0 Å². The molecule has 0 radical (unpaired) electrons. The quantitative estimate of drug-likeness (QED) is 0.715. The lowest BCUT2D eigenvalue weighted by atomic mass is 9.81. The summed E-state index contributed by atoms with van der Waals surface area (Å²) in [6.45, 7) is 1.48. The second-order valence-corrected chi connectivity index (χ2v) is 6.95. The lowest BCUT2D eigenvalue weighted by molar-refractivity contribution is -0.126. The zero-order valence-electron chi connectivity index (χ0n) is 14.7. The average Bonchev–Trinajstić information content (AvgIpc) is 3.27. The third-order valence-corrected chi connectivity index (χ3v) is 5.56. The van der Waals surface area contributed by atoms with E-state index in [1.165, 1.54) is 18.2 Å². The summed E-state index contributed by atoms with van der Waals surface area (Å²) >= 11 is 0. The first kappa shape index (κ1) is 16.9. The molecule has 0 spiro atoms. The van der Waals surface area contributed by atoms with Crippen molar-refractivity contribution < 1.29 is 18.7 Å². The number of amides is 1. The number of anilines is 1. The predicted molar refractivity (Wildman–Crippen MR) is 96.5 cm³/mol. The van der Waals surface area contributed by atoms with E-state index in [0.717, 1.165) is 11.9 Å². The van der Waals surface area contributed by atoms with Gasteiger partial charge in [0.25, 0.3) is 5.91 Å². The van der Waals surface area contributed by atoms with Gasteiger partial charge in [-0.25, -0.2) is 13.8 Å². The van der Waals surface area contributed by atoms with E-state index in [4.69, 9.17) is 0 Å². The van der Waals surface area contributed by atoms with Crippen molar-refractivity contribution in [3.63, 3.8) is 0 Å². The molecule has 142 valence electrons. The molecule has 1 aromatic heterocycles. The van der Waals surface area contributed by atoms with Gasteiger partial charge >= 0.3 is 0 Å². The van der Waals surface area contributed by atoms with Crippen LogP contribution in [-0.4, -0.2) is 32.0 Å². The van der Waals surface area contributed by atoms with Gasteiger partial charge < -0.3 is 15.0 Å². The summed E-state index contributed by atoms with van der Waals surface area (Å²) in [4.78, 5) is 19.6. The molecule has 0 bridgehead atoms. The van der Waals surface area contributed by atoms with Crippen LogP contribution in [0.3, 0.4) is 0 Å². The fourth-order valence-corrected chi connectivity index (χ4v) is 4.25. The molecule has 2 N–H and O–H groups in total. The minimum atomic E-state index is -1.35. The van der Waals surface area contributed by atoms with Crippen molar-refractivity contribution in [1.82, 2.24) is 14.5 Å². The van der Waals surface area contributed by atoms with Gasteiger partial charge in [-0.1, -0.05) is 18.2 Å². The Morgan fingerprint density at radius 1 is 1.11 bits per heavy atom. The molecule has 2 aliphatic rings. The molecule has 0 saturated heterocycles. The van der Waals surface area contributed by atoms with Crippen LogP contribution in [0.4, 0.5) is 14.5 Å². The molecule has 6 nitrogen and oxygen atoms in total. The van der Waals surface area contributed by atoms with E-state index < -0.39 is 23.1 Å². The summed E-state index contributed by atoms with van der Waals surface area (Å²) in [7, 11) is 0. The lowest BCUT2D eigenvalue weighted by Gasteiger charge is -2.42. The third-order valence-electron chi connectivity index (χ3n) is 5.56. The summed E-state index contributed by atoms with van der Waals surface area (Å²) in [5.41, 5.74) is -0.587. The molecule has 0 fully saturated rings. The van der Waals surface area contributed by atoms with Crippen LogP contribution in [0.5, 0.6) is 5.75 Å². The maximum absolute atomic E-state index is 14.5. The maximum Gasteiger partial charge on any atom is 0.254 e. The Labute approximate surface area is 159 Å². The summed E-state index contributed by atoms with van der Waals surface area (Å²) in [5.74, 6) is -1.72. The minimum Gasteiger partial charge on any atom is -0.508 e. The Balaban J connectivity index is 1.75. The number of halogens is 2. The Hall–Kier alpha value is -3.26. The zero-order chi connectivity index (χ0) is 19.5. The normalized spacial score (nSPS) is 21.3. The molecular weight excluding hydrogens is 366 g/mol. The highest BCUT2D eigenvalue weighted by atomic mass is 19.2. The van der Waals surface area contributed by atoms with Gasteiger partial charge in [-0.3, -0.25) is 9.69 Å². The number of hydrogen-bond donors (Lipinski definition) is 2. The van der Waals surface area contributed by atoms with E-state index in [2.05, 4.69) is 10.3 Å². The number of hydrogen-bond acceptors (Lipinski definition) is 4. The van der Waals surface area contributed by atoms with E-state index in [9.17, 15) is 18.7 Å². The number of nitrogens with one attached hydrogen (secondary N) is 1. The van der Waals surface area contributed by atoms with Gasteiger partial charge in [0, 0.05) is 31.0 Å². The van der Waals surface area contributed by atoms with E-state index >= 15 is 0 Å². The number of phenolic OH excluding ortho intramolecular Hbond substituents is 1. The van der Waals surface area contributed by atoms with Crippen LogP contribution in [0.25, 0.3) is 0 Å². The van der Waals surface area contributed by atoms with Crippen molar-refractivity contribution in [2.75, 3.05) is 11.9 Å². The number of benzene rings is 2. The second kappa shape index (κ2) is 5.87. The fourth-order valence-electron chi connectivity index (χ4n) is 4.25. The number of rotatable bonds is 2. The Morgan fingerprint density at radius 3 is 2.68 bits per heavy atom. The second-order valence-electron chi connectivity index (χ2n) is 6.95. The third kappa shape index (κ3) is 2.15. The topological polar surface area (TPSA) is 70.4 Å². The van der Waals surface area contributed by atoms with Crippen LogP contribution in [0.2, 0.25) is 0 Å². The number of imidazole rings is 1. The SMILES string of the molecule is O=C1Nc2c(ccc(F)c2F)C1(c1ccc(O)cc1)N1CCn2ccnc2C1. The van der Waals surface area contributed by atoms with Gasteiger partial charge in [-0.2, -0.15) is 0 Å². The largest absolute Gasteiger partial charge is 0.508 e. The first-order valence-electron chi connectivity index (χ1n) is 8.86. The van der Waals surface area contributed by atoms with Crippen LogP contribution >= 0.6 is 0 Å². The number of carbonyl (C=O) groups excluding carboxylic acids is 1. The summed E-state index contributed by atoms with van der Waals surface area (Å²) in [6, 6.07) is 8.70. The highest BCUT2D eigenvalue weighted by molar-refractivity contribution is 6.08. The van der Waals surface area contributed by atoms with E-state index in [1.807, 2.05) is 15.7 Å². The molecule has 8 heteroatoms. The number of aromatic hydroxyl groups is 1. The molecule has 1 unspecified atom stereocenters. The van der Waals surface area contributed by atoms with Crippen molar-refractivity contribution in [1.29, 1.82) is 0 Å². The fraction of sp³-hybridized carbons (Fsp3) is 0.200. The van der Waals surface area contributed by atoms with Gasteiger partial charge in [0.05, 0.1) is 12.2 Å². The number of fused-ring (bicyclic) bond motifs is 2. The summed E-state index contributed by atoms with van der Waals surface area (Å²) < 4.78 is 30.3. The monoisotopic (exact) mass is 382 g/mol. The van der Waals surface area contributed by atoms with Gasteiger partial charge in [0.1, 0.15) is 11.6 Å². The molecule has 1 amide bonds. The lowest BCUT2D eigenvalue weighted by Crippen LogP contribution is -2.54. The smallest absolute Gasteiger partial charge is 0.254 e. The molecule has 2 aromatic carbocycles. The molecule has 28 heavy (non-hydrogen) atoms. The maximum atomic E-state index is 14.5. The Bertz CT molecular complexity index is 1100. The van der Waals surface area contributed by atoms with Crippen LogP contribution < -0.4 is 5.32 Å². The number of phenols is 1. The molecule has 1 atom stereocenters. The van der Waals surface area contributed by atoms with Crippen molar-refractivity contribution >= 4 is 11.6 Å². The first-order chi connectivity index (χ1) is 13.5. The van der Waals surface area contributed by atoms with Crippen molar-refractivity contribution in [3.8, 4) is 5.75 Å². The van der Waals surface area contributed by atoms with E-state index in [1.54, 1.807) is 18.3 Å². The predicted octanol–water partition coefficient (Wildman–Crippen LogP) is 2.58. The highest BCUT2D eigenvalue weighted by Crippen LogP contribution is 2.48. The molecular formula is C20H16F2N4O2. The number of nitrogens with zero attached hydrogens (tertiary/aromatic N) is 3. The molecule has 2 aliphatic heterocycles. The number of aromatic nitrogens is 2. The molecule has 3 heterocycles. The van der Waals surface area contributed by atoms with Crippen molar-refractivity contribution in [2.24, 2.45) is 0 Å². The Morgan fingerprint density at radius 2 is 1.89 bits per heavy atom. The van der Waals surface area contributed by atoms with Crippen molar-refractivity contribution in [3.05, 3.63) is 77.4 Å². The number of carbonyl (C=O) groups is 1. The summed E-state index contributed by atoms with van der Waals surface area (Å²) in [5, 5.41) is 12.2. The van der Waals surface area contributed by atoms with Gasteiger partial charge in [-0.05, 0) is 23.8 Å². The highest BCUT2D eigenvalue weighted by Gasteiger charge is 2.54. The Kier molecular flexibility index (Phi) is 3.54. The van der Waals surface area contributed by atoms with Crippen LogP contribution in [-0.2, 0) is 23.4 Å². The molecule has 5 rings (SSSR count). The van der Waals surface area contributed by atoms with Gasteiger partial charge in [0.2, 0.25) is 0 Å². The minimum absolute atomic E-state index is 0.0528. The molecule has 3 aromatic rings. The average molecular weight is 382 g/mol. The van der Waals surface area contributed by atoms with Gasteiger partial charge in [0.15, 0.2) is 17.2 Å². The van der Waals surface area contributed by atoms with Crippen LogP contribution in [0.15, 0.2) is 48.8 Å². The van der Waals surface area contributed by atoms with Crippen LogP contribution in [0, 0.1) is 11.6 Å². The first-order valence-corrected chi connectivity index (χ1v) is 8.86. The van der Waals surface area contributed by atoms with Gasteiger partial charge in [-0.15, -0.1) is 0 Å². The molecule has 0 aliphatic carbocycles. The van der Waals surface area contributed by atoms with E-state index in [-0.39, 0.29) is 11.4 Å². The zero-order valence-corrected chi connectivity index (χ0v) is 14.7. The standard InChI is InChI=1S/C20H16F2N4O2/c21-15-6-5-14-18(17(15)22)24-19(28)20(14,12-1-3-13(27)4-2-12)26-10-9-25-8-7-23-16(25)11-26/h1-8,27H,9-11H2,(H,24,28).